The first kappa shape index (κ1) is 34.1. The van der Waals surface area contributed by atoms with E-state index in [-0.39, 0.29) is 11.5 Å². The van der Waals surface area contributed by atoms with E-state index in [1.165, 1.54) is 122 Å². The summed E-state index contributed by atoms with van der Waals surface area (Å²) in [5, 5.41) is 0. The molecule has 0 amide bonds. The molecule has 5 heteroatoms. The maximum absolute atomic E-state index is 12.1. The van der Waals surface area contributed by atoms with Crippen LogP contribution in [0.4, 0.5) is 0 Å². The molecule has 0 aromatic heterocycles. The molecule has 0 N–H and O–H groups in total. The predicted molar refractivity (Wildman–Crippen MR) is 158 cm³/mol. The van der Waals surface area contributed by atoms with Gasteiger partial charge in [0.2, 0.25) is 0 Å². The van der Waals surface area contributed by atoms with Crippen molar-refractivity contribution in [1.29, 1.82) is 0 Å². The van der Waals surface area contributed by atoms with E-state index < -0.39 is 10.1 Å². The van der Waals surface area contributed by atoms with Crippen molar-refractivity contribution in [3.8, 4) is 0 Å². The highest BCUT2D eigenvalue weighted by molar-refractivity contribution is 7.86. The van der Waals surface area contributed by atoms with Crippen LogP contribution in [-0.2, 0) is 19.0 Å². The molecule has 1 rings (SSSR count). The monoisotopic (exact) mass is 538 g/mol. The fraction of sp³-hybridized carbons (Fsp3) is 0.812. The molecule has 37 heavy (non-hydrogen) atoms. The summed E-state index contributed by atoms with van der Waals surface area (Å²) >= 11 is 0. The third-order valence-corrected chi connectivity index (χ3v) is 8.45. The predicted octanol–water partition coefficient (Wildman–Crippen LogP) is 9.93. The quantitative estimate of drug-likeness (QED) is 0.0826. The number of rotatable bonds is 27. The molecule has 0 bridgehead atoms. The Balaban J connectivity index is 1.74. The maximum Gasteiger partial charge on any atom is 0.296 e. The second-order valence-electron chi connectivity index (χ2n) is 10.8. The number of ether oxygens (including phenoxy) is 1. The van der Waals surface area contributed by atoms with E-state index in [1.807, 2.05) is 6.92 Å². The number of hydrogen-bond donors (Lipinski definition) is 0. The molecular weight excluding hydrogens is 480 g/mol. The van der Waals surface area contributed by atoms with Gasteiger partial charge in [0.15, 0.2) is 0 Å². The van der Waals surface area contributed by atoms with Crippen LogP contribution in [0.15, 0.2) is 29.2 Å². The van der Waals surface area contributed by atoms with Gasteiger partial charge >= 0.3 is 0 Å². The first-order chi connectivity index (χ1) is 18.1. The summed E-state index contributed by atoms with van der Waals surface area (Å²) in [6, 6.07) is 6.72. The fourth-order valence-corrected chi connectivity index (χ4v) is 5.61. The highest BCUT2D eigenvalue weighted by Crippen LogP contribution is 2.15. The Morgan fingerprint density at radius 2 is 0.892 bits per heavy atom. The third-order valence-electron chi connectivity index (χ3n) is 7.12. The van der Waals surface area contributed by atoms with Crippen molar-refractivity contribution in [1.82, 2.24) is 0 Å². The van der Waals surface area contributed by atoms with Crippen LogP contribution in [0, 0.1) is 6.92 Å². The minimum atomic E-state index is -3.66. The molecular formula is C32H58O4S. The maximum atomic E-state index is 12.1. The van der Waals surface area contributed by atoms with Crippen molar-refractivity contribution in [2.75, 3.05) is 19.8 Å². The molecule has 0 fully saturated rings. The van der Waals surface area contributed by atoms with Crippen LogP contribution in [0.25, 0.3) is 0 Å². The second kappa shape index (κ2) is 24.2. The summed E-state index contributed by atoms with van der Waals surface area (Å²) in [5.41, 5.74) is 1.03. The smallest absolute Gasteiger partial charge is 0.296 e. The Bertz CT molecular complexity index is 715. The Morgan fingerprint density at radius 3 is 1.32 bits per heavy atom. The largest absolute Gasteiger partial charge is 0.381 e. The van der Waals surface area contributed by atoms with E-state index in [0.29, 0.717) is 13.0 Å². The first-order valence-electron chi connectivity index (χ1n) is 15.6. The lowest BCUT2D eigenvalue weighted by atomic mass is 10.0. The molecule has 4 nitrogen and oxygen atoms in total. The van der Waals surface area contributed by atoms with Gasteiger partial charge in [0.05, 0.1) is 11.5 Å². The fourth-order valence-electron chi connectivity index (χ4n) is 4.66. The molecule has 0 atom stereocenters. The van der Waals surface area contributed by atoms with Crippen LogP contribution in [0.2, 0.25) is 0 Å². The Kier molecular flexibility index (Phi) is 22.3. The molecule has 0 saturated heterocycles. The van der Waals surface area contributed by atoms with Crippen molar-refractivity contribution in [3.63, 3.8) is 0 Å². The number of benzene rings is 1. The summed E-state index contributed by atoms with van der Waals surface area (Å²) in [7, 11) is -3.66. The zero-order valence-corrected chi connectivity index (χ0v) is 25.1. The van der Waals surface area contributed by atoms with Crippen LogP contribution < -0.4 is 0 Å². The lowest BCUT2D eigenvalue weighted by Crippen LogP contribution is -2.09. The van der Waals surface area contributed by atoms with Gasteiger partial charge in [-0.3, -0.25) is 4.18 Å². The van der Waals surface area contributed by atoms with E-state index in [2.05, 4.69) is 6.92 Å². The van der Waals surface area contributed by atoms with Crippen molar-refractivity contribution >= 4 is 10.1 Å². The number of hydrogen-bond acceptors (Lipinski definition) is 4. The van der Waals surface area contributed by atoms with E-state index in [4.69, 9.17) is 8.92 Å². The van der Waals surface area contributed by atoms with Crippen molar-refractivity contribution in [2.24, 2.45) is 0 Å². The van der Waals surface area contributed by atoms with Gasteiger partial charge in [-0.15, -0.1) is 0 Å². The number of unbranched alkanes of at least 4 members (excludes halogenated alkanes) is 19. The van der Waals surface area contributed by atoms with E-state index in [0.717, 1.165) is 18.6 Å². The summed E-state index contributed by atoms with van der Waals surface area (Å²) < 4.78 is 35.0. The summed E-state index contributed by atoms with van der Waals surface area (Å²) in [4.78, 5) is 0.211. The molecule has 0 radical (unpaired) electrons. The van der Waals surface area contributed by atoms with Gasteiger partial charge in [0, 0.05) is 13.2 Å². The van der Waals surface area contributed by atoms with Crippen LogP contribution >= 0.6 is 0 Å². The Morgan fingerprint density at radius 1 is 0.514 bits per heavy atom. The Hall–Kier alpha value is -0.910. The SMILES string of the molecule is CCCCCCCCCCCCCCCCCCCCCCOCCCOS(=O)(=O)c1ccc(C)cc1. The van der Waals surface area contributed by atoms with Crippen LogP contribution in [0.3, 0.4) is 0 Å². The van der Waals surface area contributed by atoms with E-state index in [1.54, 1.807) is 24.3 Å². The second-order valence-corrected chi connectivity index (χ2v) is 12.4. The zero-order valence-electron chi connectivity index (χ0n) is 24.3. The van der Waals surface area contributed by atoms with Crippen LogP contribution in [0.1, 0.15) is 147 Å². The number of aryl methyl sites for hydroxylation is 1. The van der Waals surface area contributed by atoms with Gasteiger partial charge in [-0.05, 0) is 31.9 Å². The zero-order chi connectivity index (χ0) is 26.9. The third kappa shape index (κ3) is 20.7. The highest BCUT2D eigenvalue weighted by atomic mass is 32.2. The van der Waals surface area contributed by atoms with Crippen LogP contribution in [0.5, 0.6) is 0 Å². The van der Waals surface area contributed by atoms with Crippen LogP contribution in [-0.4, -0.2) is 28.2 Å². The van der Waals surface area contributed by atoms with E-state index in [9.17, 15) is 8.42 Å². The first-order valence-corrected chi connectivity index (χ1v) is 17.0. The minimum absolute atomic E-state index is 0.162. The molecule has 0 aliphatic rings. The van der Waals surface area contributed by atoms with Crippen molar-refractivity contribution < 1.29 is 17.3 Å². The van der Waals surface area contributed by atoms with Gasteiger partial charge in [-0.1, -0.05) is 147 Å². The van der Waals surface area contributed by atoms with Gasteiger partial charge in [-0.2, -0.15) is 8.42 Å². The molecule has 0 saturated carbocycles. The van der Waals surface area contributed by atoms with Gasteiger partial charge in [0.25, 0.3) is 10.1 Å². The molecule has 0 aliphatic heterocycles. The lowest BCUT2D eigenvalue weighted by Gasteiger charge is -2.07. The summed E-state index contributed by atoms with van der Waals surface area (Å²) in [6.45, 7) is 5.67. The average Bonchev–Trinajstić information content (AvgIpc) is 2.89. The molecule has 0 spiro atoms. The minimum Gasteiger partial charge on any atom is -0.381 e. The molecule has 1 aromatic carbocycles. The molecule has 0 heterocycles. The molecule has 216 valence electrons. The van der Waals surface area contributed by atoms with Crippen molar-refractivity contribution in [3.05, 3.63) is 29.8 Å². The van der Waals surface area contributed by atoms with Gasteiger partial charge in [-0.25, -0.2) is 0 Å². The molecule has 0 unspecified atom stereocenters. The topological polar surface area (TPSA) is 52.6 Å². The van der Waals surface area contributed by atoms with Crippen molar-refractivity contribution in [2.45, 2.75) is 154 Å². The highest BCUT2D eigenvalue weighted by Gasteiger charge is 2.14. The normalized spacial score (nSPS) is 11.8. The molecule has 1 aromatic rings. The lowest BCUT2D eigenvalue weighted by molar-refractivity contribution is 0.116. The standard InChI is InChI=1S/C32H58O4S/c1-3-4-5-6-7-8-9-10-11-12-13-14-15-16-17-18-19-20-21-22-28-35-29-23-30-36-37(33,34)32-26-24-31(2)25-27-32/h24-27H,3-23,28-30H2,1-2H3. The van der Waals surface area contributed by atoms with Gasteiger partial charge < -0.3 is 4.74 Å². The summed E-state index contributed by atoms with van der Waals surface area (Å²) in [5.74, 6) is 0. The summed E-state index contributed by atoms with van der Waals surface area (Å²) in [6.07, 6.45) is 28.3. The molecule has 0 aliphatic carbocycles. The Labute approximate surface area is 230 Å². The van der Waals surface area contributed by atoms with Gasteiger partial charge in [0.1, 0.15) is 0 Å². The average molecular weight is 539 g/mol. The van der Waals surface area contributed by atoms with E-state index >= 15 is 0 Å².